The van der Waals surface area contributed by atoms with Gasteiger partial charge in [-0.3, -0.25) is 4.90 Å². The number of piperazine rings is 1. The lowest BCUT2D eigenvalue weighted by molar-refractivity contribution is 0.192. The molecule has 1 unspecified atom stereocenters. The average molecular weight is 263 g/mol. The van der Waals surface area contributed by atoms with Gasteiger partial charge in [0.2, 0.25) is 0 Å². The van der Waals surface area contributed by atoms with Crippen LogP contribution < -0.4 is 10.6 Å². The number of aromatic nitrogens is 1. The molecule has 1 aromatic heterocycles. The van der Waals surface area contributed by atoms with Gasteiger partial charge in [0.25, 0.3) is 0 Å². The summed E-state index contributed by atoms with van der Waals surface area (Å²) in [5.41, 5.74) is 1.08. The number of rotatable bonds is 4. The summed E-state index contributed by atoms with van der Waals surface area (Å²) in [4.78, 5) is 19.4. The average Bonchev–Trinajstić information content (AvgIpc) is 3.07. The first kappa shape index (κ1) is 12.5. The van der Waals surface area contributed by atoms with Crippen LogP contribution in [0.15, 0.2) is 18.3 Å². The molecule has 6 heteroatoms. The Balaban J connectivity index is 1.50. The van der Waals surface area contributed by atoms with Gasteiger partial charge in [-0.05, 0) is 12.1 Å². The minimum absolute atomic E-state index is 0.0507. The fourth-order valence-corrected chi connectivity index (χ4v) is 2.72. The third-order valence-electron chi connectivity index (χ3n) is 3.88. The van der Waals surface area contributed by atoms with Crippen molar-refractivity contribution in [2.75, 3.05) is 45.8 Å². The second-order valence-corrected chi connectivity index (χ2v) is 5.17. The molecular formula is C13H21N5O. The number of carbonyl (C=O) groups excluding carboxylic acids is 1. The molecule has 0 aliphatic carbocycles. The van der Waals surface area contributed by atoms with Gasteiger partial charge in [-0.2, -0.15) is 0 Å². The van der Waals surface area contributed by atoms with Crippen molar-refractivity contribution < 1.29 is 4.79 Å². The summed E-state index contributed by atoms with van der Waals surface area (Å²) < 4.78 is 0. The van der Waals surface area contributed by atoms with Crippen LogP contribution in [0.3, 0.4) is 0 Å². The zero-order valence-electron chi connectivity index (χ0n) is 11.1. The van der Waals surface area contributed by atoms with Crippen molar-refractivity contribution in [1.29, 1.82) is 0 Å². The first-order valence-corrected chi connectivity index (χ1v) is 6.95. The molecule has 19 heavy (non-hydrogen) atoms. The predicted molar refractivity (Wildman–Crippen MR) is 72.9 cm³/mol. The lowest BCUT2D eigenvalue weighted by Crippen LogP contribution is -2.46. The minimum atomic E-state index is 0.0507. The second-order valence-electron chi connectivity index (χ2n) is 5.17. The van der Waals surface area contributed by atoms with Crippen LogP contribution in [0.25, 0.3) is 0 Å². The maximum atomic E-state index is 11.9. The number of H-pyrrole nitrogens is 1. The largest absolute Gasteiger partial charge is 0.363 e. The SMILES string of the molecule is O=C1NC(c2ccc[nH]2)CN1CCN1CCNCC1. The van der Waals surface area contributed by atoms with E-state index in [-0.39, 0.29) is 12.1 Å². The van der Waals surface area contributed by atoms with Crippen molar-refractivity contribution in [2.45, 2.75) is 6.04 Å². The molecule has 0 saturated carbocycles. The third-order valence-corrected chi connectivity index (χ3v) is 3.88. The number of aromatic amines is 1. The molecular weight excluding hydrogens is 242 g/mol. The van der Waals surface area contributed by atoms with E-state index in [1.165, 1.54) is 0 Å². The van der Waals surface area contributed by atoms with Crippen LogP contribution >= 0.6 is 0 Å². The molecule has 2 saturated heterocycles. The predicted octanol–water partition coefficient (Wildman–Crippen LogP) is -0.0138. The Morgan fingerprint density at radius 2 is 2.11 bits per heavy atom. The Hall–Kier alpha value is -1.53. The Morgan fingerprint density at radius 3 is 2.84 bits per heavy atom. The van der Waals surface area contributed by atoms with Crippen LogP contribution in [0.1, 0.15) is 11.7 Å². The van der Waals surface area contributed by atoms with Crippen molar-refractivity contribution in [3.8, 4) is 0 Å². The van der Waals surface area contributed by atoms with E-state index in [2.05, 4.69) is 20.5 Å². The van der Waals surface area contributed by atoms with Crippen molar-refractivity contribution in [3.05, 3.63) is 24.0 Å². The number of hydrogen-bond acceptors (Lipinski definition) is 3. The zero-order chi connectivity index (χ0) is 13.1. The molecule has 2 fully saturated rings. The summed E-state index contributed by atoms with van der Waals surface area (Å²) in [5.74, 6) is 0. The Bertz CT molecular complexity index is 413. The number of nitrogens with zero attached hydrogens (tertiary/aromatic N) is 2. The molecule has 6 nitrogen and oxygen atoms in total. The van der Waals surface area contributed by atoms with Gasteiger partial charge < -0.3 is 20.5 Å². The Kier molecular flexibility index (Phi) is 3.70. The highest BCUT2D eigenvalue weighted by molar-refractivity contribution is 5.77. The number of amides is 2. The minimum Gasteiger partial charge on any atom is -0.363 e. The van der Waals surface area contributed by atoms with Crippen LogP contribution in [0.4, 0.5) is 4.79 Å². The van der Waals surface area contributed by atoms with Crippen molar-refractivity contribution in [2.24, 2.45) is 0 Å². The van der Waals surface area contributed by atoms with Crippen LogP contribution in [-0.4, -0.2) is 66.6 Å². The molecule has 3 heterocycles. The number of hydrogen-bond donors (Lipinski definition) is 3. The van der Waals surface area contributed by atoms with Crippen molar-refractivity contribution in [3.63, 3.8) is 0 Å². The summed E-state index contributed by atoms with van der Waals surface area (Å²) in [5, 5.41) is 6.36. The zero-order valence-corrected chi connectivity index (χ0v) is 11.1. The van der Waals surface area contributed by atoms with Gasteiger partial charge in [0.05, 0.1) is 6.04 Å². The molecule has 2 aliphatic heterocycles. The Labute approximate surface area is 113 Å². The molecule has 0 spiro atoms. The maximum absolute atomic E-state index is 11.9. The van der Waals surface area contributed by atoms with E-state index >= 15 is 0 Å². The standard InChI is InChI=1S/C13H21N5O/c19-13-16-12(11-2-1-3-15-11)10-18(13)9-8-17-6-4-14-5-7-17/h1-3,12,14-15H,4-10H2,(H,16,19). The monoisotopic (exact) mass is 263 g/mol. The molecule has 1 atom stereocenters. The summed E-state index contributed by atoms with van der Waals surface area (Å²) >= 11 is 0. The van der Waals surface area contributed by atoms with Crippen LogP contribution in [0.2, 0.25) is 0 Å². The van der Waals surface area contributed by atoms with Crippen molar-refractivity contribution >= 4 is 6.03 Å². The lowest BCUT2D eigenvalue weighted by Gasteiger charge is -2.28. The van der Waals surface area contributed by atoms with E-state index in [0.29, 0.717) is 0 Å². The van der Waals surface area contributed by atoms with E-state index in [4.69, 9.17) is 0 Å². The highest BCUT2D eigenvalue weighted by atomic mass is 16.2. The fraction of sp³-hybridized carbons (Fsp3) is 0.615. The third kappa shape index (κ3) is 2.90. The van der Waals surface area contributed by atoms with E-state index in [0.717, 1.165) is 51.5 Å². The van der Waals surface area contributed by atoms with Crippen LogP contribution in [0, 0.1) is 0 Å². The summed E-state index contributed by atoms with van der Waals surface area (Å²) in [6.45, 7) is 6.79. The van der Waals surface area contributed by atoms with Crippen molar-refractivity contribution in [1.82, 2.24) is 25.4 Å². The number of carbonyl (C=O) groups is 1. The fourth-order valence-electron chi connectivity index (χ4n) is 2.72. The van der Waals surface area contributed by atoms with Gasteiger partial charge >= 0.3 is 6.03 Å². The first-order valence-electron chi connectivity index (χ1n) is 6.95. The second kappa shape index (κ2) is 5.63. The lowest BCUT2D eigenvalue weighted by atomic mass is 10.2. The summed E-state index contributed by atoms with van der Waals surface area (Å²) in [6.07, 6.45) is 1.89. The van der Waals surface area contributed by atoms with E-state index in [9.17, 15) is 4.79 Å². The van der Waals surface area contributed by atoms with E-state index in [1.54, 1.807) is 0 Å². The maximum Gasteiger partial charge on any atom is 0.318 e. The van der Waals surface area contributed by atoms with Crippen LogP contribution in [0.5, 0.6) is 0 Å². The topological polar surface area (TPSA) is 63.4 Å². The molecule has 1 aromatic rings. The molecule has 0 bridgehead atoms. The number of urea groups is 1. The normalized spacial score (nSPS) is 24.7. The van der Waals surface area contributed by atoms with Gasteiger partial charge in [0, 0.05) is 57.7 Å². The summed E-state index contributed by atoms with van der Waals surface area (Å²) in [6, 6.07) is 4.13. The summed E-state index contributed by atoms with van der Waals surface area (Å²) in [7, 11) is 0. The van der Waals surface area contributed by atoms with Gasteiger partial charge in [0.1, 0.15) is 0 Å². The van der Waals surface area contributed by atoms with Crippen LogP contribution in [-0.2, 0) is 0 Å². The smallest absolute Gasteiger partial charge is 0.318 e. The quantitative estimate of drug-likeness (QED) is 0.716. The van der Waals surface area contributed by atoms with Gasteiger partial charge in [-0.1, -0.05) is 0 Å². The number of nitrogens with one attached hydrogen (secondary N) is 3. The van der Waals surface area contributed by atoms with Gasteiger partial charge in [0.15, 0.2) is 0 Å². The first-order chi connectivity index (χ1) is 9.33. The molecule has 3 N–H and O–H groups in total. The molecule has 0 radical (unpaired) electrons. The molecule has 2 amide bonds. The molecule has 104 valence electrons. The van der Waals surface area contributed by atoms with E-state index < -0.39 is 0 Å². The molecule has 2 aliphatic rings. The molecule has 3 rings (SSSR count). The van der Waals surface area contributed by atoms with E-state index in [1.807, 2.05) is 23.2 Å². The highest BCUT2D eigenvalue weighted by Gasteiger charge is 2.30. The highest BCUT2D eigenvalue weighted by Crippen LogP contribution is 2.18. The Morgan fingerprint density at radius 1 is 1.26 bits per heavy atom. The van der Waals surface area contributed by atoms with Gasteiger partial charge in [-0.25, -0.2) is 4.79 Å². The molecule has 0 aromatic carbocycles. The van der Waals surface area contributed by atoms with Gasteiger partial charge in [-0.15, -0.1) is 0 Å².